The lowest BCUT2D eigenvalue weighted by atomic mass is 9.94. The van der Waals surface area contributed by atoms with Gasteiger partial charge in [-0.25, -0.2) is 13.8 Å². The standard InChI is InChI=1S/C16H12F2N2O2/c17-9-3-1-2-8(6-9)16-12(14(16)21)13(16)15(22)20-11-5-4-10(18)7-19-11/h1-7,12-14,21H,(H,19,20,22)/t12?,13-,14?,16-/m0/s1. The summed E-state index contributed by atoms with van der Waals surface area (Å²) in [6.07, 6.45) is 0.395. The van der Waals surface area contributed by atoms with Gasteiger partial charge in [0.25, 0.3) is 0 Å². The van der Waals surface area contributed by atoms with Gasteiger partial charge in [-0.2, -0.15) is 0 Å². The first-order valence-electron chi connectivity index (χ1n) is 6.91. The largest absolute Gasteiger partial charge is 0.392 e. The van der Waals surface area contributed by atoms with Crippen molar-refractivity contribution in [3.63, 3.8) is 0 Å². The number of halogens is 2. The van der Waals surface area contributed by atoms with Crippen LogP contribution in [-0.2, 0) is 10.2 Å². The summed E-state index contributed by atoms with van der Waals surface area (Å²) in [7, 11) is 0. The Balaban J connectivity index is 1.53. The summed E-state index contributed by atoms with van der Waals surface area (Å²) in [5.41, 5.74) is -0.0381. The van der Waals surface area contributed by atoms with Crippen molar-refractivity contribution in [1.82, 2.24) is 4.98 Å². The molecule has 2 unspecified atom stereocenters. The van der Waals surface area contributed by atoms with Crippen LogP contribution in [0.25, 0.3) is 0 Å². The van der Waals surface area contributed by atoms with E-state index in [9.17, 15) is 18.7 Å². The van der Waals surface area contributed by atoms with Crippen LogP contribution in [0.3, 0.4) is 0 Å². The molecule has 0 radical (unpaired) electrons. The molecule has 2 aliphatic rings. The highest BCUT2D eigenvalue weighted by Crippen LogP contribution is 2.79. The number of carbonyl (C=O) groups excluding carboxylic acids is 1. The molecule has 2 N–H and O–H groups in total. The fourth-order valence-electron chi connectivity index (χ4n) is 3.43. The van der Waals surface area contributed by atoms with E-state index in [4.69, 9.17) is 0 Å². The van der Waals surface area contributed by atoms with Gasteiger partial charge in [-0.1, -0.05) is 12.1 Å². The zero-order valence-electron chi connectivity index (χ0n) is 11.3. The predicted octanol–water partition coefficient (Wildman–Crippen LogP) is 1.86. The van der Waals surface area contributed by atoms with E-state index in [2.05, 4.69) is 10.3 Å². The Hall–Kier alpha value is -2.34. The molecule has 2 fully saturated rings. The maximum absolute atomic E-state index is 13.4. The Kier molecular flexibility index (Phi) is 2.62. The number of nitrogens with zero attached hydrogens (tertiary/aromatic N) is 1. The van der Waals surface area contributed by atoms with Gasteiger partial charge >= 0.3 is 0 Å². The highest BCUT2D eigenvalue weighted by molar-refractivity contribution is 5.98. The molecule has 1 aromatic heterocycles. The maximum Gasteiger partial charge on any atom is 0.230 e. The molecule has 0 saturated heterocycles. The summed E-state index contributed by atoms with van der Waals surface area (Å²) in [6.45, 7) is 0. The zero-order valence-corrected chi connectivity index (χ0v) is 11.3. The van der Waals surface area contributed by atoms with Gasteiger partial charge in [-0.05, 0) is 29.8 Å². The van der Waals surface area contributed by atoms with Crippen LogP contribution in [0.5, 0.6) is 0 Å². The number of benzene rings is 1. The number of aliphatic hydroxyl groups is 1. The van der Waals surface area contributed by atoms with Crippen LogP contribution < -0.4 is 5.32 Å². The number of aliphatic hydroxyl groups excluding tert-OH is 1. The summed E-state index contributed by atoms with van der Waals surface area (Å²) in [5, 5.41) is 12.5. The predicted molar refractivity (Wildman–Crippen MR) is 73.9 cm³/mol. The highest BCUT2D eigenvalue weighted by atomic mass is 19.1. The first kappa shape index (κ1) is 13.3. The SMILES string of the molecule is O=C(Nc1ccc(F)cn1)[C@@H]1C2C(O)[C@@]21c1cccc(F)c1. The first-order valence-corrected chi connectivity index (χ1v) is 6.91. The van der Waals surface area contributed by atoms with Gasteiger partial charge < -0.3 is 10.4 Å². The first-order chi connectivity index (χ1) is 10.5. The van der Waals surface area contributed by atoms with Gasteiger partial charge in [0.1, 0.15) is 17.5 Å². The van der Waals surface area contributed by atoms with E-state index in [-0.39, 0.29) is 17.6 Å². The number of amides is 1. The molecule has 4 nitrogen and oxygen atoms in total. The number of anilines is 1. The number of hydrogen-bond donors (Lipinski definition) is 2. The quantitative estimate of drug-likeness (QED) is 0.909. The number of carbonyl (C=O) groups is 1. The van der Waals surface area contributed by atoms with Gasteiger partial charge in [0.05, 0.1) is 18.2 Å². The average Bonchev–Trinajstić information content (AvgIpc) is 3.36. The minimum atomic E-state index is -0.674. The number of aromatic nitrogens is 1. The molecule has 1 heterocycles. The van der Waals surface area contributed by atoms with E-state index < -0.39 is 29.1 Å². The second kappa shape index (κ2) is 4.33. The normalized spacial score (nSPS) is 31.3. The Morgan fingerprint density at radius 3 is 2.68 bits per heavy atom. The summed E-state index contributed by atoms with van der Waals surface area (Å²) in [4.78, 5) is 16.0. The lowest BCUT2D eigenvalue weighted by Crippen LogP contribution is -2.28. The molecule has 0 bridgehead atoms. The van der Waals surface area contributed by atoms with Crippen molar-refractivity contribution in [3.05, 3.63) is 59.8 Å². The highest BCUT2D eigenvalue weighted by Gasteiger charge is 2.89. The second-order valence-corrected chi connectivity index (χ2v) is 5.74. The molecule has 4 atom stereocenters. The Morgan fingerprint density at radius 2 is 2.05 bits per heavy atom. The lowest BCUT2D eigenvalue weighted by molar-refractivity contribution is -0.119. The van der Waals surface area contributed by atoms with E-state index in [1.54, 1.807) is 12.1 Å². The van der Waals surface area contributed by atoms with Gasteiger partial charge in [0.15, 0.2) is 0 Å². The van der Waals surface area contributed by atoms with E-state index in [0.29, 0.717) is 5.56 Å². The Labute approximate surface area is 124 Å². The zero-order chi connectivity index (χ0) is 15.5. The molecule has 2 saturated carbocycles. The molecular formula is C16H12F2N2O2. The van der Waals surface area contributed by atoms with Gasteiger partial charge in [-0.3, -0.25) is 4.79 Å². The van der Waals surface area contributed by atoms with Crippen LogP contribution in [-0.4, -0.2) is 22.1 Å². The third-order valence-electron chi connectivity index (χ3n) is 4.62. The third-order valence-corrected chi connectivity index (χ3v) is 4.62. The molecule has 0 aliphatic heterocycles. The van der Waals surface area contributed by atoms with Crippen molar-refractivity contribution in [1.29, 1.82) is 0 Å². The van der Waals surface area contributed by atoms with E-state index in [1.807, 2.05) is 0 Å². The van der Waals surface area contributed by atoms with Crippen molar-refractivity contribution >= 4 is 11.7 Å². The fourth-order valence-corrected chi connectivity index (χ4v) is 3.43. The van der Waals surface area contributed by atoms with Crippen molar-refractivity contribution in [2.45, 2.75) is 11.5 Å². The van der Waals surface area contributed by atoms with E-state index in [1.165, 1.54) is 24.3 Å². The third kappa shape index (κ3) is 1.70. The van der Waals surface area contributed by atoms with Crippen LogP contribution in [0.1, 0.15) is 5.56 Å². The molecule has 1 aromatic carbocycles. The van der Waals surface area contributed by atoms with Crippen molar-refractivity contribution in [2.75, 3.05) is 5.32 Å². The van der Waals surface area contributed by atoms with Crippen LogP contribution in [0, 0.1) is 23.5 Å². The maximum atomic E-state index is 13.4. The minimum absolute atomic E-state index is 0.185. The molecular weight excluding hydrogens is 290 g/mol. The number of rotatable bonds is 3. The summed E-state index contributed by atoms with van der Waals surface area (Å²) < 4.78 is 26.1. The monoisotopic (exact) mass is 302 g/mol. The van der Waals surface area contributed by atoms with Crippen molar-refractivity contribution in [2.24, 2.45) is 11.8 Å². The molecule has 0 spiro atoms. The van der Waals surface area contributed by atoms with Gasteiger partial charge in [0.2, 0.25) is 5.91 Å². The summed E-state index contributed by atoms with van der Waals surface area (Å²) in [5.74, 6) is -1.51. The van der Waals surface area contributed by atoms with Crippen LogP contribution in [0.15, 0.2) is 42.6 Å². The van der Waals surface area contributed by atoms with Gasteiger partial charge in [-0.15, -0.1) is 0 Å². The summed E-state index contributed by atoms with van der Waals surface area (Å²) >= 11 is 0. The molecule has 2 aliphatic carbocycles. The van der Waals surface area contributed by atoms with Gasteiger partial charge in [0, 0.05) is 11.3 Å². The minimum Gasteiger partial charge on any atom is -0.392 e. The molecule has 4 rings (SSSR count). The fraction of sp³-hybridized carbons (Fsp3) is 0.250. The van der Waals surface area contributed by atoms with Crippen molar-refractivity contribution < 1.29 is 18.7 Å². The summed E-state index contributed by atoms with van der Waals surface area (Å²) in [6, 6.07) is 8.53. The Morgan fingerprint density at radius 1 is 1.23 bits per heavy atom. The number of pyridine rings is 1. The number of hydrogen-bond acceptors (Lipinski definition) is 3. The number of nitrogens with one attached hydrogen (secondary N) is 1. The van der Waals surface area contributed by atoms with Crippen LogP contribution in [0.2, 0.25) is 0 Å². The molecule has 6 heteroatoms. The molecule has 2 aromatic rings. The topological polar surface area (TPSA) is 62.2 Å². The Bertz CT molecular complexity index is 765. The van der Waals surface area contributed by atoms with Crippen LogP contribution in [0.4, 0.5) is 14.6 Å². The smallest absolute Gasteiger partial charge is 0.230 e. The molecule has 1 amide bonds. The van der Waals surface area contributed by atoms with E-state index in [0.717, 1.165) is 6.20 Å². The number of fused-ring (bicyclic) bond motifs is 1. The average molecular weight is 302 g/mol. The molecule has 112 valence electrons. The van der Waals surface area contributed by atoms with Crippen molar-refractivity contribution in [3.8, 4) is 0 Å². The van der Waals surface area contributed by atoms with Crippen LogP contribution >= 0.6 is 0 Å². The second-order valence-electron chi connectivity index (χ2n) is 5.74. The molecule has 22 heavy (non-hydrogen) atoms. The lowest BCUT2D eigenvalue weighted by Gasteiger charge is -2.16. The van der Waals surface area contributed by atoms with E-state index >= 15 is 0 Å².